The van der Waals surface area contributed by atoms with Gasteiger partial charge < -0.3 is 15.2 Å². The Hall–Kier alpha value is -1.10. The van der Waals surface area contributed by atoms with Crippen molar-refractivity contribution in [1.29, 1.82) is 0 Å². The van der Waals surface area contributed by atoms with Crippen molar-refractivity contribution in [3.8, 4) is 0 Å². The summed E-state index contributed by atoms with van der Waals surface area (Å²) in [5, 5.41) is 12.6. The molecule has 0 aliphatic carbocycles. The Balaban J connectivity index is 4.41. The number of methoxy groups -OCH3 is 1. The molecule has 2 N–H and O–H groups in total. The third-order valence-electron chi connectivity index (χ3n) is 2.90. The van der Waals surface area contributed by atoms with Gasteiger partial charge in [0.15, 0.2) is 6.10 Å². The number of rotatable bonds is 9. The molecule has 0 rings (SSSR count). The summed E-state index contributed by atoms with van der Waals surface area (Å²) in [5.74, 6) is -0.568. The summed E-state index contributed by atoms with van der Waals surface area (Å²) in [5.41, 5.74) is 0. The minimum absolute atomic E-state index is 0.123. The van der Waals surface area contributed by atoms with Gasteiger partial charge in [-0.3, -0.25) is 4.79 Å². The van der Waals surface area contributed by atoms with Crippen LogP contribution >= 0.6 is 0 Å². The van der Waals surface area contributed by atoms with Crippen molar-refractivity contribution in [2.75, 3.05) is 7.11 Å². The predicted octanol–water partition coefficient (Wildman–Crippen LogP) is 1.63. The standard InChI is InChI=1S/C14H27NO4/c1-5-6-7-8-12(16)15-11(9-10(2)3)13(17)14(18)19-4/h10-11,13,17H,5-9H2,1-4H3,(H,15,16)/t11-,13?/m1/s1. The molecular formula is C14H27NO4. The van der Waals surface area contributed by atoms with E-state index in [1.54, 1.807) is 0 Å². The van der Waals surface area contributed by atoms with Crippen molar-refractivity contribution in [2.24, 2.45) is 5.92 Å². The first-order valence-electron chi connectivity index (χ1n) is 6.97. The number of ether oxygens (including phenoxy) is 1. The first-order chi connectivity index (χ1) is 8.92. The van der Waals surface area contributed by atoms with Crippen LogP contribution in [0.3, 0.4) is 0 Å². The summed E-state index contributed by atoms with van der Waals surface area (Å²) in [7, 11) is 1.22. The lowest BCUT2D eigenvalue weighted by atomic mass is 9.98. The lowest BCUT2D eigenvalue weighted by Gasteiger charge is -2.24. The highest BCUT2D eigenvalue weighted by atomic mass is 16.5. The van der Waals surface area contributed by atoms with E-state index < -0.39 is 18.1 Å². The van der Waals surface area contributed by atoms with E-state index in [2.05, 4.69) is 17.0 Å². The molecule has 0 bridgehead atoms. The number of hydrogen-bond donors (Lipinski definition) is 2. The Morgan fingerprint density at radius 2 is 1.89 bits per heavy atom. The van der Waals surface area contributed by atoms with Gasteiger partial charge in [-0.1, -0.05) is 33.6 Å². The molecule has 0 saturated heterocycles. The number of carbonyl (C=O) groups is 2. The van der Waals surface area contributed by atoms with Crippen molar-refractivity contribution in [3.05, 3.63) is 0 Å². The second-order valence-corrected chi connectivity index (χ2v) is 5.23. The van der Waals surface area contributed by atoms with E-state index in [1.165, 1.54) is 7.11 Å². The van der Waals surface area contributed by atoms with Gasteiger partial charge in [-0.15, -0.1) is 0 Å². The molecule has 2 atom stereocenters. The topological polar surface area (TPSA) is 75.6 Å². The van der Waals surface area contributed by atoms with Gasteiger partial charge in [-0.2, -0.15) is 0 Å². The van der Waals surface area contributed by atoms with Gasteiger partial charge in [-0.25, -0.2) is 4.79 Å². The molecule has 1 amide bonds. The van der Waals surface area contributed by atoms with Crippen molar-refractivity contribution in [1.82, 2.24) is 5.32 Å². The zero-order valence-electron chi connectivity index (χ0n) is 12.4. The molecule has 0 radical (unpaired) electrons. The summed E-state index contributed by atoms with van der Waals surface area (Å²) in [6, 6.07) is -0.582. The first kappa shape index (κ1) is 17.9. The lowest BCUT2D eigenvalue weighted by Crippen LogP contribution is -2.48. The fourth-order valence-corrected chi connectivity index (χ4v) is 1.87. The normalized spacial score (nSPS) is 14.0. The Morgan fingerprint density at radius 3 is 2.37 bits per heavy atom. The second-order valence-electron chi connectivity index (χ2n) is 5.23. The molecule has 1 unspecified atom stereocenters. The average molecular weight is 273 g/mol. The molecule has 5 nitrogen and oxygen atoms in total. The van der Waals surface area contributed by atoms with Crippen molar-refractivity contribution in [2.45, 2.75) is 65.0 Å². The van der Waals surface area contributed by atoms with Crippen LogP contribution in [0.15, 0.2) is 0 Å². The van der Waals surface area contributed by atoms with Crippen LogP contribution in [0.25, 0.3) is 0 Å². The third kappa shape index (κ3) is 7.82. The van der Waals surface area contributed by atoms with Gasteiger partial charge in [0.1, 0.15) is 0 Å². The first-order valence-corrected chi connectivity index (χ1v) is 6.97. The molecule has 0 saturated carbocycles. The molecule has 0 heterocycles. The van der Waals surface area contributed by atoms with Crippen LogP contribution < -0.4 is 5.32 Å². The molecule has 0 spiro atoms. The molecule has 0 aromatic heterocycles. The molecule has 19 heavy (non-hydrogen) atoms. The van der Waals surface area contributed by atoms with Gasteiger partial charge in [0, 0.05) is 6.42 Å². The summed E-state index contributed by atoms with van der Waals surface area (Å²) in [4.78, 5) is 23.1. The second kappa shape index (κ2) is 9.78. The van der Waals surface area contributed by atoms with Gasteiger partial charge in [0.25, 0.3) is 0 Å². The number of amides is 1. The SMILES string of the molecule is CCCCCC(=O)N[C@H](CC(C)C)C(O)C(=O)OC. The highest BCUT2D eigenvalue weighted by Gasteiger charge is 2.28. The van der Waals surface area contributed by atoms with E-state index in [9.17, 15) is 14.7 Å². The molecule has 112 valence electrons. The van der Waals surface area contributed by atoms with E-state index in [4.69, 9.17) is 0 Å². The fraction of sp³-hybridized carbons (Fsp3) is 0.857. The molecule has 5 heteroatoms. The van der Waals surface area contributed by atoms with E-state index in [0.717, 1.165) is 19.3 Å². The maximum absolute atomic E-state index is 11.8. The minimum atomic E-state index is -1.30. The number of hydrogen-bond acceptors (Lipinski definition) is 4. The molecule has 0 aliphatic heterocycles. The van der Waals surface area contributed by atoms with Gasteiger partial charge in [0.05, 0.1) is 13.2 Å². The fourth-order valence-electron chi connectivity index (χ4n) is 1.87. The largest absolute Gasteiger partial charge is 0.467 e. The number of aliphatic hydroxyl groups is 1. The molecule has 0 fully saturated rings. The number of aliphatic hydroxyl groups excluding tert-OH is 1. The van der Waals surface area contributed by atoms with Crippen LogP contribution in [-0.2, 0) is 14.3 Å². The summed E-state index contributed by atoms with van der Waals surface area (Å²) >= 11 is 0. The lowest BCUT2D eigenvalue weighted by molar-refractivity contribution is -0.152. The van der Waals surface area contributed by atoms with Crippen LogP contribution in [-0.4, -0.2) is 36.2 Å². The van der Waals surface area contributed by atoms with Crippen LogP contribution in [0.5, 0.6) is 0 Å². The molecule has 0 aromatic carbocycles. The van der Waals surface area contributed by atoms with Crippen molar-refractivity contribution in [3.63, 3.8) is 0 Å². The average Bonchev–Trinajstić information content (AvgIpc) is 2.36. The van der Waals surface area contributed by atoms with E-state index >= 15 is 0 Å². The maximum atomic E-state index is 11.8. The summed E-state index contributed by atoms with van der Waals surface area (Å²) in [6.45, 7) is 6.01. The number of unbranched alkanes of at least 4 members (excludes halogenated alkanes) is 2. The van der Waals surface area contributed by atoms with Gasteiger partial charge in [-0.05, 0) is 18.8 Å². The Morgan fingerprint density at radius 1 is 1.26 bits per heavy atom. The highest BCUT2D eigenvalue weighted by Crippen LogP contribution is 2.10. The van der Waals surface area contributed by atoms with Crippen LogP contribution in [0.1, 0.15) is 52.9 Å². The number of carbonyl (C=O) groups excluding carboxylic acids is 2. The van der Waals surface area contributed by atoms with E-state index in [-0.39, 0.29) is 11.8 Å². The monoisotopic (exact) mass is 273 g/mol. The van der Waals surface area contributed by atoms with Gasteiger partial charge in [0.2, 0.25) is 5.91 Å². The smallest absolute Gasteiger partial charge is 0.336 e. The molecule has 0 aromatic rings. The minimum Gasteiger partial charge on any atom is -0.467 e. The predicted molar refractivity (Wildman–Crippen MR) is 73.6 cm³/mol. The number of nitrogens with one attached hydrogen (secondary N) is 1. The van der Waals surface area contributed by atoms with Crippen LogP contribution in [0, 0.1) is 5.92 Å². The summed E-state index contributed by atoms with van der Waals surface area (Å²) < 4.78 is 4.51. The number of esters is 1. The summed E-state index contributed by atoms with van der Waals surface area (Å²) in [6.07, 6.45) is 2.54. The van der Waals surface area contributed by atoms with E-state index in [0.29, 0.717) is 12.8 Å². The highest BCUT2D eigenvalue weighted by molar-refractivity contribution is 5.79. The van der Waals surface area contributed by atoms with Crippen molar-refractivity contribution >= 4 is 11.9 Å². The van der Waals surface area contributed by atoms with Crippen LogP contribution in [0.4, 0.5) is 0 Å². The van der Waals surface area contributed by atoms with Gasteiger partial charge >= 0.3 is 5.97 Å². The third-order valence-corrected chi connectivity index (χ3v) is 2.90. The molecule has 0 aliphatic rings. The van der Waals surface area contributed by atoms with Crippen molar-refractivity contribution < 1.29 is 19.4 Å². The zero-order chi connectivity index (χ0) is 14.8. The Bertz CT molecular complexity index is 279. The zero-order valence-corrected chi connectivity index (χ0v) is 12.4. The Kier molecular flexibility index (Phi) is 9.21. The van der Waals surface area contributed by atoms with Crippen LogP contribution in [0.2, 0.25) is 0 Å². The molecular weight excluding hydrogens is 246 g/mol. The maximum Gasteiger partial charge on any atom is 0.336 e. The quantitative estimate of drug-likeness (QED) is 0.494. The van der Waals surface area contributed by atoms with E-state index in [1.807, 2.05) is 13.8 Å². The Labute approximate surface area is 115 Å².